The number of carbonyl (C=O) groups excluding carboxylic acids is 2. The van der Waals surface area contributed by atoms with Gasteiger partial charge in [-0.05, 0) is 41.6 Å². The maximum Gasteiger partial charge on any atom is 0.335 e. The lowest BCUT2D eigenvalue weighted by atomic mass is 10.1. The van der Waals surface area contributed by atoms with Crippen LogP contribution >= 0.6 is 11.8 Å². The quantitative estimate of drug-likeness (QED) is 0.476. The number of aromatic carboxylic acids is 1. The number of para-hydroxylation sites is 1. The van der Waals surface area contributed by atoms with Gasteiger partial charge in [0, 0.05) is 6.07 Å². The first-order valence-corrected chi connectivity index (χ1v) is 8.49. The number of carboxylic acids is 1. The van der Waals surface area contributed by atoms with Crippen molar-refractivity contribution < 1.29 is 24.4 Å². The van der Waals surface area contributed by atoms with Crippen molar-refractivity contribution in [2.45, 2.75) is 6.54 Å². The molecule has 2 aromatic rings. The molecule has 0 atom stereocenters. The first-order chi connectivity index (χ1) is 12.9. The van der Waals surface area contributed by atoms with Gasteiger partial charge in [0.05, 0.1) is 27.5 Å². The second kappa shape index (κ2) is 7.42. The molecule has 1 aliphatic rings. The van der Waals surface area contributed by atoms with Gasteiger partial charge in [-0.2, -0.15) is 0 Å². The lowest BCUT2D eigenvalue weighted by Crippen LogP contribution is -2.27. The monoisotopic (exact) mass is 384 g/mol. The fraction of sp³-hybridized carbons (Fsp3) is 0.0556. The van der Waals surface area contributed by atoms with E-state index >= 15 is 0 Å². The van der Waals surface area contributed by atoms with Crippen LogP contribution in [-0.2, 0) is 11.3 Å². The minimum absolute atomic E-state index is 0.0509. The summed E-state index contributed by atoms with van der Waals surface area (Å²) < 4.78 is 0. The average molecular weight is 384 g/mol. The molecule has 9 heteroatoms. The number of nitro groups is 1. The van der Waals surface area contributed by atoms with Crippen LogP contribution in [0.1, 0.15) is 21.5 Å². The van der Waals surface area contributed by atoms with Gasteiger partial charge in [-0.3, -0.25) is 24.6 Å². The number of hydrogen-bond acceptors (Lipinski definition) is 6. The zero-order valence-corrected chi connectivity index (χ0v) is 14.5. The lowest BCUT2D eigenvalue weighted by Gasteiger charge is -2.12. The van der Waals surface area contributed by atoms with Crippen molar-refractivity contribution in [1.29, 1.82) is 0 Å². The van der Waals surface area contributed by atoms with Gasteiger partial charge in [-0.1, -0.05) is 24.3 Å². The second-order valence-electron chi connectivity index (χ2n) is 5.59. The van der Waals surface area contributed by atoms with Gasteiger partial charge in [0.25, 0.3) is 16.8 Å². The van der Waals surface area contributed by atoms with Crippen LogP contribution in [0, 0.1) is 10.1 Å². The van der Waals surface area contributed by atoms with Gasteiger partial charge in [0.2, 0.25) is 0 Å². The van der Waals surface area contributed by atoms with Crippen LogP contribution in [-0.4, -0.2) is 32.0 Å². The van der Waals surface area contributed by atoms with Gasteiger partial charge in [-0.15, -0.1) is 0 Å². The third-order valence-electron chi connectivity index (χ3n) is 3.81. The van der Waals surface area contributed by atoms with Gasteiger partial charge >= 0.3 is 5.97 Å². The van der Waals surface area contributed by atoms with E-state index in [-0.39, 0.29) is 28.3 Å². The smallest absolute Gasteiger partial charge is 0.335 e. The number of carboxylic acid groups (broad SMARTS) is 1. The van der Waals surface area contributed by atoms with Crippen LogP contribution in [0.15, 0.2) is 53.4 Å². The summed E-state index contributed by atoms with van der Waals surface area (Å²) in [6.07, 6.45) is 1.32. The van der Waals surface area contributed by atoms with Crippen LogP contribution in [0.3, 0.4) is 0 Å². The number of benzene rings is 2. The van der Waals surface area contributed by atoms with E-state index < -0.39 is 22.0 Å². The van der Waals surface area contributed by atoms with Gasteiger partial charge < -0.3 is 5.11 Å². The summed E-state index contributed by atoms with van der Waals surface area (Å²) in [4.78, 5) is 47.4. The molecule has 2 amide bonds. The van der Waals surface area contributed by atoms with Crippen molar-refractivity contribution in [1.82, 2.24) is 4.90 Å². The molecule has 0 aromatic heterocycles. The molecular formula is C18H12N2O6S. The minimum atomic E-state index is -1.11. The Morgan fingerprint density at radius 1 is 1.19 bits per heavy atom. The molecule has 3 rings (SSSR count). The summed E-state index contributed by atoms with van der Waals surface area (Å²) in [6, 6.07) is 11.8. The van der Waals surface area contributed by atoms with Crippen molar-refractivity contribution in [3.05, 3.63) is 80.2 Å². The van der Waals surface area contributed by atoms with Crippen molar-refractivity contribution in [3.63, 3.8) is 0 Å². The topological polar surface area (TPSA) is 118 Å². The fourth-order valence-corrected chi connectivity index (χ4v) is 3.37. The number of imide groups is 1. The molecule has 0 bridgehead atoms. The Balaban J connectivity index is 1.87. The minimum Gasteiger partial charge on any atom is -0.478 e. The fourth-order valence-electron chi connectivity index (χ4n) is 2.54. The Labute approximate surface area is 157 Å². The molecular weight excluding hydrogens is 372 g/mol. The molecule has 0 radical (unpaired) electrons. The highest BCUT2D eigenvalue weighted by Crippen LogP contribution is 2.34. The van der Waals surface area contributed by atoms with E-state index in [2.05, 4.69) is 0 Å². The molecule has 1 heterocycles. The number of carbonyl (C=O) groups is 3. The van der Waals surface area contributed by atoms with E-state index in [1.807, 2.05) is 0 Å². The molecule has 1 saturated heterocycles. The molecule has 0 saturated carbocycles. The van der Waals surface area contributed by atoms with Crippen LogP contribution < -0.4 is 0 Å². The standard InChI is InChI=1S/C18H12N2O6S/c21-16-15(9-12-5-1-2-7-14(12)20(25)26)27-18(24)19(16)10-11-4-3-6-13(8-11)17(22)23/h1-9H,10H2,(H,22,23)/b15-9-. The molecule has 1 N–H and O–H groups in total. The number of nitro benzene ring substituents is 1. The van der Waals surface area contributed by atoms with Crippen molar-refractivity contribution in [3.8, 4) is 0 Å². The number of rotatable bonds is 5. The highest BCUT2D eigenvalue weighted by molar-refractivity contribution is 8.18. The maximum absolute atomic E-state index is 12.6. The molecule has 1 aliphatic heterocycles. The summed E-state index contributed by atoms with van der Waals surface area (Å²) >= 11 is 0.686. The molecule has 1 fully saturated rings. The largest absolute Gasteiger partial charge is 0.478 e. The Hall–Kier alpha value is -3.46. The molecule has 8 nitrogen and oxygen atoms in total. The molecule has 0 spiro atoms. The number of hydrogen-bond donors (Lipinski definition) is 1. The zero-order chi connectivity index (χ0) is 19.6. The summed E-state index contributed by atoms with van der Waals surface area (Å²) in [5.74, 6) is -1.69. The van der Waals surface area contributed by atoms with Crippen molar-refractivity contribution in [2.24, 2.45) is 0 Å². The summed E-state index contributed by atoms with van der Waals surface area (Å²) in [6.45, 7) is -0.0833. The van der Waals surface area contributed by atoms with Gasteiger partial charge in [0.15, 0.2) is 0 Å². The van der Waals surface area contributed by atoms with E-state index in [0.717, 1.165) is 4.90 Å². The third-order valence-corrected chi connectivity index (χ3v) is 4.72. The third kappa shape index (κ3) is 3.87. The highest BCUT2D eigenvalue weighted by atomic mass is 32.2. The van der Waals surface area contributed by atoms with E-state index in [1.54, 1.807) is 12.1 Å². The lowest BCUT2D eigenvalue weighted by molar-refractivity contribution is -0.385. The molecule has 2 aromatic carbocycles. The van der Waals surface area contributed by atoms with E-state index in [9.17, 15) is 24.5 Å². The Morgan fingerprint density at radius 3 is 2.63 bits per heavy atom. The summed E-state index contributed by atoms with van der Waals surface area (Å²) in [5.41, 5.74) is 0.596. The number of nitrogens with zero attached hydrogens (tertiary/aromatic N) is 2. The first kappa shape index (κ1) is 18.3. The van der Waals surface area contributed by atoms with Crippen LogP contribution in [0.2, 0.25) is 0 Å². The Bertz CT molecular complexity index is 1000. The molecule has 27 heavy (non-hydrogen) atoms. The Morgan fingerprint density at radius 2 is 1.93 bits per heavy atom. The molecule has 0 unspecified atom stereocenters. The van der Waals surface area contributed by atoms with E-state index in [0.29, 0.717) is 17.3 Å². The zero-order valence-electron chi connectivity index (χ0n) is 13.7. The van der Waals surface area contributed by atoms with Gasteiger partial charge in [0.1, 0.15) is 0 Å². The normalized spacial score (nSPS) is 15.4. The van der Waals surface area contributed by atoms with Gasteiger partial charge in [-0.25, -0.2) is 4.79 Å². The predicted molar refractivity (Wildman–Crippen MR) is 98.0 cm³/mol. The van der Waals surface area contributed by atoms with E-state index in [1.165, 1.54) is 42.5 Å². The number of thioether (sulfide) groups is 1. The maximum atomic E-state index is 12.6. The van der Waals surface area contributed by atoms with E-state index in [4.69, 9.17) is 5.11 Å². The average Bonchev–Trinajstić information content (AvgIpc) is 2.89. The Kier molecular flexibility index (Phi) is 5.04. The second-order valence-corrected chi connectivity index (χ2v) is 6.58. The van der Waals surface area contributed by atoms with Crippen molar-refractivity contribution in [2.75, 3.05) is 0 Å². The predicted octanol–water partition coefficient (Wildman–Crippen LogP) is 3.53. The summed E-state index contributed by atoms with van der Waals surface area (Å²) in [5, 5.41) is 19.6. The van der Waals surface area contributed by atoms with Crippen LogP contribution in [0.25, 0.3) is 6.08 Å². The van der Waals surface area contributed by atoms with Crippen LogP contribution in [0.4, 0.5) is 10.5 Å². The van der Waals surface area contributed by atoms with Crippen LogP contribution in [0.5, 0.6) is 0 Å². The molecule has 136 valence electrons. The highest BCUT2D eigenvalue weighted by Gasteiger charge is 2.35. The number of amides is 2. The SMILES string of the molecule is O=C(O)c1cccc(CN2C(=O)S/C(=C\c3ccccc3[N+](=O)[O-])C2=O)c1. The molecule has 0 aliphatic carbocycles. The first-order valence-electron chi connectivity index (χ1n) is 7.68. The van der Waals surface area contributed by atoms with Crippen molar-refractivity contribution >= 4 is 40.6 Å². The summed E-state index contributed by atoms with van der Waals surface area (Å²) in [7, 11) is 0.